The van der Waals surface area contributed by atoms with Gasteiger partial charge in [-0.05, 0) is 60.9 Å². The summed E-state index contributed by atoms with van der Waals surface area (Å²) >= 11 is 0. The van der Waals surface area contributed by atoms with Gasteiger partial charge in [0.15, 0.2) is 0 Å². The molecule has 2 amide bonds. The molecule has 0 aromatic heterocycles. The standard InChI is InChI=1S/C21H24N2O4/c1-26-18-9-10-19(27-2)16(14-18)11-12-22-21(25)15-5-7-17(8-6-15)23-13-3-4-20(23)24/h5-10,14H,3-4,11-13H2,1-2H3,(H,22,25). The molecule has 0 aliphatic carbocycles. The van der Waals surface area contributed by atoms with Gasteiger partial charge in [-0.3, -0.25) is 9.59 Å². The third-order valence-electron chi connectivity index (χ3n) is 4.68. The van der Waals surface area contributed by atoms with E-state index in [1.807, 2.05) is 30.3 Å². The quantitative estimate of drug-likeness (QED) is 0.816. The van der Waals surface area contributed by atoms with Crippen LogP contribution in [0.3, 0.4) is 0 Å². The molecule has 1 fully saturated rings. The summed E-state index contributed by atoms with van der Waals surface area (Å²) in [6, 6.07) is 12.8. The van der Waals surface area contributed by atoms with Crippen molar-refractivity contribution in [1.29, 1.82) is 0 Å². The Bertz CT molecular complexity index is 817. The number of methoxy groups -OCH3 is 2. The number of nitrogens with one attached hydrogen (secondary N) is 1. The predicted molar refractivity (Wildman–Crippen MR) is 104 cm³/mol. The fourth-order valence-electron chi connectivity index (χ4n) is 3.20. The Hall–Kier alpha value is -3.02. The second-order valence-corrected chi connectivity index (χ2v) is 6.38. The molecule has 6 heteroatoms. The smallest absolute Gasteiger partial charge is 0.251 e. The van der Waals surface area contributed by atoms with Crippen LogP contribution in [0.15, 0.2) is 42.5 Å². The molecule has 2 aromatic carbocycles. The minimum Gasteiger partial charge on any atom is -0.497 e. The Kier molecular flexibility index (Phi) is 5.96. The molecular weight excluding hydrogens is 344 g/mol. The third-order valence-corrected chi connectivity index (χ3v) is 4.68. The summed E-state index contributed by atoms with van der Waals surface area (Å²) in [4.78, 5) is 25.9. The van der Waals surface area contributed by atoms with Gasteiger partial charge in [0.1, 0.15) is 11.5 Å². The van der Waals surface area contributed by atoms with Crippen LogP contribution in [0.4, 0.5) is 5.69 Å². The number of ether oxygens (including phenoxy) is 2. The number of carbonyl (C=O) groups excluding carboxylic acids is 2. The van der Waals surface area contributed by atoms with E-state index < -0.39 is 0 Å². The second kappa shape index (κ2) is 8.58. The Morgan fingerprint density at radius 1 is 1.11 bits per heavy atom. The predicted octanol–water partition coefficient (Wildman–Crippen LogP) is 2.80. The number of rotatable bonds is 7. The summed E-state index contributed by atoms with van der Waals surface area (Å²) < 4.78 is 10.6. The zero-order valence-electron chi connectivity index (χ0n) is 15.7. The molecule has 0 spiro atoms. The van der Waals surface area contributed by atoms with Gasteiger partial charge in [0.05, 0.1) is 14.2 Å². The number of nitrogens with zero attached hydrogens (tertiary/aromatic N) is 1. The minimum atomic E-state index is -0.142. The van der Waals surface area contributed by atoms with Crippen molar-refractivity contribution in [3.63, 3.8) is 0 Å². The highest BCUT2D eigenvalue weighted by Gasteiger charge is 2.21. The molecule has 27 heavy (non-hydrogen) atoms. The van der Waals surface area contributed by atoms with Crippen molar-refractivity contribution >= 4 is 17.5 Å². The van der Waals surface area contributed by atoms with Crippen LogP contribution in [0.5, 0.6) is 11.5 Å². The maximum Gasteiger partial charge on any atom is 0.251 e. The van der Waals surface area contributed by atoms with E-state index in [9.17, 15) is 9.59 Å². The van der Waals surface area contributed by atoms with E-state index in [2.05, 4.69) is 5.32 Å². The minimum absolute atomic E-state index is 0.138. The molecule has 0 bridgehead atoms. The maximum absolute atomic E-state index is 12.4. The molecule has 1 aliphatic rings. The molecule has 0 atom stereocenters. The normalized spacial score (nSPS) is 13.6. The lowest BCUT2D eigenvalue weighted by molar-refractivity contribution is -0.117. The maximum atomic E-state index is 12.4. The second-order valence-electron chi connectivity index (χ2n) is 6.38. The fourth-order valence-corrected chi connectivity index (χ4v) is 3.20. The molecule has 0 unspecified atom stereocenters. The van der Waals surface area contributed by atoms with Crippen molar-refractivity contribution in [2.75, 3.05) is 32.2 Å². The number of anilines is 1. The van der Waals surface area contributed by atoms with Crippen LogP contribution in [0.25, 0.3) is 0 Å². The number of hydrogen-bond acceptors (Lipinski definition) is 4. The molecule has 3 rings (SSSR count). The van der Waals surface area contributed by atoms with Gasteiger partial charge in [-0.1, -0.05) is 0 Å². The summed E-state index contributed by atoms with van der Waals surface area (Å²) in [5.41, 5.74) is 2.39. The van der Waals surface area contributed by atoms with E-state index in [1.54, 1.807) is 31.3 Å². The zero-order valence-corrected chi connectivity index (χ0v) is 15.7. The SMILES string of the molecule is COc1ccc(OC)c(CCNC(=O)c2ccc(N3CCCC3=O)cc2)c1. The first-order valence-electron chi connectivity index (χ1n) is 9.02. The largest absolute Gasteiger partial charge is 0.497 e. The molecule has 2 aromatic rings. The Morgan fingerprint density at radius 2 is 1.89 bits per heavy atom. The average molecular weight is 368 g/mol. The lowest BCUT2D eigenvalue weighted by Crippen LogP contribution is -2.26. The van der Waals surface area contributed by atoms with Crippen molar-refractivity contribution in [2.24, 2.45) is 0 Å². The summed E-state index contributed by atoms with van der Waals surface area (Å²) in [6.45, 7) is 1.22. The van der Waals surface area contributed by atoms with Gasteiger partial charge in [0, 0.05) is 30.8 Å². The van der Waals surface area contributed by atoms with Crippen LogP contribution in [0.1, 0.15) is 28.8 Å². The summed E-state index contributed by atoms with van der Waals surface area (Å²) in [5, 5.41) is 2.92. The van der Waals surface area contributed by atoms with E-state index in [0.717, 1.165) is 35.7 Å². The Balaban J connectivity index is 1.57. The number of carbonyl (C=O) groups is 2. The van der Waals surface area contributed by atoms with E-state index >= 15 is 0 Å². The van der Waals surface area contributed by atoms with Gasteiger partial charge in [-0.15, -0.1) is 0 Å². The molecular formula is C21H24N2O4. The molecule has 1 saturated heterocycles. The van der Waals surface area contributed by atoms with Crippen LogP contribution < -0.4 is 19.7 Å². The van der Waals surface area contributed by atoms with Gasteiger partial charge in [0.2, 0.25) is 5.91 Å². The highest BCUT2D eigenvalue weighted by atomic mass is 16.5. The van der Waals surface area contributed by atoms with E-state index in [4.69, 9.17) is 9.47 Å². The monoisotopic (exact) mass is 368 g/mol. The van der Waals surface area contributed by atoms with Crippen LogP contribution >= 0.6 is 0 Å². The van der Waals surface area contributed by atoms with Crippen molar-refractivity contribution in [1.82, 2.24) is 5.32 Å². The van der Waals surface area contributed by atoms with Crippen LogP contribution in [0.2, 0.25) is 0 Å². The van der Waals surface area contributed by atoms with Crippen LogP contribution in [-0.2, 0) is 11.2 Å². The van der Waals surface area contributed by atoms with E-state index in [1.165, 1.54) is 0 Å². The van der Waals surface area contributed by atoms with Crippen LogP contribution in [-0.4, -0.2) is 39.1 Å². The van der Waals surface area contributed by atoms with Gasteiger partial charge in [0.25, 0.3) is 5.91 Å². The first-order valence-corrected chi connectivity index (χ1v) is 9.02. The molecule has 1 heterocycles. The van der Waals surface area contributed by atoms with Gasteiger partial charge in [-0.2, -0.15) is 0 Å². The highest BCUT2D eigenvalue weighted by molar-refractivity contribution is 5.97. The number of amides is 2. The number of hydrogen-bond donors (Lipinski definition) is 1. The zero-order chi connectivity index (χ0) is 19.2. The summed E-state index contributed by atoms with van der Waals surface area (Å²) in [6.07, 6.45) is 2.11. The van der Waals surface area contributed by atoms with Gasteiger partial charge < -0.3 is 19.7 Å². The van der Waals surface area contributed by atoms with Crippen molar-refractivity contribution in [3.05, 3.63) is 53.6 Å². The summed E-state index contributed by atoms with van der Waals surface area (Å²) in [5.74, 6) is 1.52. The van der Waals surface area contributed by atoms with Gasteiger partial charge in [-0.25, -0.2) is 0 Å². The first-order chi connectivity index (χ1) is 13.1. The topological polar surface area (TPSA) is 67.9 Å². The Morgan fingerprint density at radius 3 is 2.52 bits per heavy atom. The molecule has 1 N–H and O–H groups in total. The van der Waals surface area contributed by atoms with Gasteiger partial charge >= 0.3 is 0 Å². The molecule has 1 aliphatic heterocycles. The lowest BCUT2D eigenvalue weighted by atomic mass is 10.1. The third kappa shape index (κ3) is 4.39. The molecule has 6 nitrogen and oxygen atoms in total. The summed E-state index contributed by atoms with van der Waals surface area (Å²) in [7, 11) is 3.24. The van der Waals surface area contributed by atoms with Crippen molar-refractivity contribution in [2.45, 2.75) is 19.3 Å². The number of benzene rings is 2. The average Bonchev–Trinajstić information content (AvgIpc) is 3.13. The van der Waals surface area contributed by atoms with E-state index in [0.29, 0.717) is 24.9 Å². The van der Waals surface area contributed by atoms with Crippen molar-refractivity contribution in [3.8, 4) is 11.5 Å². The fraction of sp³-hybridized carbons (Fsp3) is 0.333. The Labute approximate surface area is 159 Å². The molecule has 0 saturated carbocycles. The lowest BCUT2D eigenvalue weighted by Gasteiger charge is -2.16. The van der Waals surface area contributed by atoms with Crippen LogP contribution in [0, 0.1) is 0 Å². The highest BCUT2D eigenvalue weighted by Crippen LogP contribution is 2.24. The van der Waals surface area contributed by atoms with E-state index in [-0.39, 0.29) is 11.8 Å². The molecule has 0 radical (unpaired) electrons. The molecule has 142 valence electrons. The first kappa shape index (κ1) is 18.8. The van der Waals surface area contributed by atoms with Crippen molar-refractivity contribution < 1.29 is 19.1 Å².